The van der Waals surface area contributed by atoms with Crippen LogP contribution in [0.3, 0.4) is 0 Å². The molecule has 0 aliphatic carbocycles. The molecule has 1 aromatic carbocycles. The van der Waals surface area contributed by atoms with Crippen molar-refractivity contribution in [2.75, 3.05) is 12.0 Å². The number of hydrogen-bond donors (Lipinski definition) is 1. The molecule has 23 heavy (non-hydrogen) atoms. The van der Waals surface area contributed by atoms with Gasteiger partial charge in [0.05, 0.1) is 11.8 Å². The number of benzene rings is 1. The van der Waals surface area contributed by atoms with Gasteiger partial charge in [-0.3, -0.25) is 9.78 Å². The molecule has 1 N–H and O–H groups in total. The van der Waals surface area contributed by atoms with Crippen molar-refractivity contribution in [3.05, 3.63) is 54.4 Å². The van der Waals surface area contributed by atoms with Crippen LogP contribution in [0, 0.1) is 0 Å². The molecule has 0 spiro atoms. The van der Waals surface area contributed by atoms with E-state index in [-0.39, 0.29) is 24.1 Å². The first-order valence-electron chi connectivity index (χ1n) is 7.32. The highest BCUT2D eigenvalue weighted by atomic mass is 32.2. The number of aromatic nitrogens is 1. The summed E-state index contributed by atoms with van der Waals surface area (Å²) in [6.45, 7) is 1.87. The topological polar surface area (TPSA) is 76.1 Å². The minimum absolute atomic E-state index is 0.0169. The number of nitrogens with zero attached hydrogens (tertiary/aromatic N) is 1. The van der Waals surface area contributed by atoms with Gasteiger partial charge in [-0.1, -0.05) is 30.3 Å². The molecule has 0 saturated carbocycles. The molecule has 1 aromatic heterocycles. The highest BCUT2D eigenvalue weighted by Gasteiger charge is 2.12. The third-order valence-corrected chi connectivity index (χ3v) is 4.43. The van der Waals surface area contributed by atoms with E-state index in [1.54, 1.807) is 12.4 Å². The van der Waals surface area contributed by atoms with Crippen molar-refractivity contribution in [3.8, 4) is 11.1 Å². The van der Waals surface area contributed by atoms with Gasteiger partial charge >= 0.3 is 0 Å². The van der Waals surface area contributed by atoms with E-state index >= 15 is 0 Å². The molecule has 0 unspecified atom stereocenters. The maximum Gasteiger partial charge on any atom is 0.221 e. The fourth-order valence-corrected chi connectivity index (χ4v) is 2.73. The summed E-state index contributed by atoms with van der Waals surface area (Å²) in [6, 6.07) is 11.5. The lowest BCUT2D eigenvalue weighted by Crippen LogP contribution is -2.28. The molecular weight excluding hydrogens is 312 g/mol. The first kappa shape index (κ1) is 17.1. The van der Waals surface area contributed by atoms with Gasteiger partial charge in [-0.15, -0.1) is 0 Å². The van der Waals surface area contributed by atoms with E-state index < -0.39 is 9.84 Å². The first-order chi connectivity index (χ1) is 10.8. The fraction of sp³-hybridized carbons (Fsp3) is 0.294. The normalized spacial score (nSPS) is 12.6. The summed E-state index contributed by atoms with van der Waals surface area (Å²) >= 11 is 0. The highest BCUT2D eigenvalue weighted by Crippen LogP contribution is 2.21. The van der Waals surface area contributed by atoms with Crippen molar-refractivity contribution >= 4 is 15.7 Å². The second-order valence-corrected chi connectivity index (χ2v) is 7.79. The number of carbonyl (C=O) groups is 1. The molecule has 122 valence electrons. The van der Waals surface area contributed by atoms with Crippen molar-refractivity contribution in [2.45, 2.75) is 19.4 Å². The highest BCUT2D eigenvalue weighted by molar-refractivity contribution is 7.90. The first-order valence-corrected chi connectivity index (χ1v) is 9.38. The zero-order valence-electron chi connectivity index (χ0n) is 13.2. The van der Waals surface area contributed by atoms with Crippen LogP contribution in [-0.2, 0) is 14.6 Å². The molecule has 1 atom stereocenters. The van der Waals surface area contributed by atoms with Crippen LogP contribution in [-0.4, -0.2) is 31.3 Å². The lowest BCUT2D eigenvalue weighted by Gasteiger charge is -2.15. The molecule has 6 heteroatoms. The van der Waals surface area contributed by atoms with Crippen LogP contribution in [0.2, 0.25) is 0 Å². The van der Waals surface area contributed by atoms with E-state index in [1.807, 2.05) is 43.3 Å². The van der Waals surface area contributed by atoms with Crippen LogP contribution in [0.1, 0.15) is 24.9 Å². The van der Waals surface area contributed by atoms with Crippen LogP contribution < -0.4 is 5.32 Å². The quantitative estimate of drug-likeness (QED) is 0.881. The maximum atomic E-state index is 11.8. The average Bonchev–Trinajstić information content (AvgIpc) is 2.53. The van der Waals surface area contributed by atoms with Gasteiger partial charge in [0.25, 0.3) is 0 Å². The number of amides is 1. The Balaban J connectivity index is 1.98. The largest absolute Gasteiger partial charge is 0.350 e. The summed E-state index contributed by atoms with van der Waals surface area (Å²) in [5.41, 5.74) is 3.05. The molecule has 2 rings (SSSR count). The average molecular weight is 332 g/mol. The zero-order valence-corrected chi connectivity index (χ0v) is 14.0. The smallest absolute Gasteiger partial charge is 0.221 e. The summed E-state index contributed by atoms with van der Waals surface area (Å²) in [6.07, 6.45) is 4.63. The third kappa shape index (κ3) is 5.49. The summed E-state index contributed by atoms with van der Waals surface area (Å²) in [5, 5.41) is 2.81. The summed E-state index contributed by atoms with van der Waals surface area (Å²) in [7, 11) is -3.12. The van der Waals surface area contributed by atoms with E-state index in [0.717, 1.165) is 22.9 Å². The summed E-state index contributed by atoms with van der Waals surface area (Å²) in [5.74, 6) is -0.398. The zero-order chi connectivity index (χ0) is 16.9. The van der Waals surface area contributed by atoms with Crippen molar-refractivity contribution in [1.29, 1.82) is 0 Å². The number of nitrogens with one attached hydrogen (secondary N) is 1. The Bertz CT molecular complexity index is 756. The Hall–Kier alpha value is -2.21. The summed E-state index contributed by atoms with van der Waals surface area (Å²) < 4.78 is 22.2. The second-order valence-electron chi connectivity index (χ2n) is 5.53. The Morgan fingerprint density at radius 3 is 2.43 bits per heavy atom. The Morgan fingerprint density at radius 1 is 1.17 bits per heavy atom. The molecule has 0 aliphatic heterocycles. The van der Waals surface area contributed by atoms with Gasteiger partial charge in [0.15, 0.2) is 0 Å². The molecule has 0 radical (unpaired) electrons. The molecule has 1 amide bonds. The van der Waals surface area contributed by atoms with Crippen LogP contribution >= 0.6 is 0 Å². The lowest BCUT2D eigenvalue weighted by atomic mass is 10.0. The van der Waals surface area contributed by atoms with Gasteiger partial charge in [-0.05, 0) is 29.7 Å². The number of carbonyl (C=O) groups excluding carboxylic acids is 1. The van der Waals surface area contributed by atoms with Crippen molar-refractivity contribution in [3.63, 3.8) is 0 Å². The predicted molar refractivity (Wildman–Crippen MR) is 90.6 cm³/mol. The Kier molecular flexibility index (Phi) is 5.50. The fourth-order valence-electron chi connectivity index (χ4n) is 2.17. The van der Waals surface area contributed by atoms with E-state index in [2.05, 4.69) is 10.3 Å². The standard InChI is InChI=1S/C17H20N2O3S/c1-13(19-17(20)9-11-23(2,21)22)14-5-7-15(8-6-14)16-4-3-10-18-12-16/h3-8,10,12-13H,9,11H2,1-2H3,(H,19,20)/t13-/m0/s1. The van der Waals surface area contributed by atoms with E-state index in [4.69, 9.17) is 0 Å². The van der Waals surface area contributed by atoms with E-state index in [1.165, 1.54) is 0 Å². The van der Waals surface area contributed by atoms with Gasteiger partial charge in [0.2, 0.25) is 5.91 Å². The number of sulfone groups is 1. The molecule has 0 saturated heterocycles. The molecule has 2 aromatic rings. The monoisotopic (exact) mass is 332 g/mol. The maximum absolute atomic E-state index is 11.8. The van der Waals surface area contributed by atoms with Gasteiger partial charge < -0.3 is 5.32 Å². The van der Waals surface area contributed by atoms with Crippen LogP contribution in [0.5, 0.6) is 0 Å². The minimum Gasteiger partial charge on any atom is -0.350 e. The third-order valence-electron chi connectivity index (χ3n) is 3.48. The predicted octanol–water partition coefficient (Wildman–Crippen LogP) is 2.36. The molecule has 1 heterocycles. The lowest BCUT2D eigenvalue weighted by molar-refractivity contribution is -0.121. The number of pyridine rings is 1. The van der Waals surface area contributed by atoms with Crippen LogP contribution in [0.4, 0.5) is 0 Å². The van der Waals surface area contributed by atoms with E-state index in [0.29, 0.717) is 0 Å². The second kappa shape index (κ2) is 7.37. The van der Waals surface area contributed by atoms with Crippen LogP contribution in [0.25, 0.3) is 11.1 Å². The molecule has 0 fully saturated rings. The Labute approximate surface area is 136 Å². The van der Waals surface area contributed by atoms with Crippen molar-refractivity contribution < 1.29 is 13.2 Å². The van der Waals surface area contributed by atoms with Crippen molar-refractivity contribution in [2.24, 2.45) is 0 Å². The number of hydrogen-bond acceptors (Lipinski definition) is 4. The van der Waals surface area contributed by atoms with Gasteiger partial charge in [-0.2, -0.15) is 0 Å². The molecule has 5 nitrogen and oxygen atoms in total. The molecule has 0 bridgehead atoms. The molecule has 0 aliphatic rings. The SMILES string of the molecule is C[C@H](NC(=O)CCS(C)(=O)=O)c1ccc(-c2cccnc2)cc1. The van der Waals surface area contributed by atoms with Crippen molar-refractivity contribution in [1.82, 2.24) is 10.3 Å². The van der Waals surface area contributed by atoms with Crippen LogP contribution in [0.15, 0.2) is 48.8 Å². The summed E-state index contributed by atoms with van der Waals surface area (Å²) in [4.78, 5) is 15.9. The minimum atomic E-state index is -3.12. The molecular formula is C17H20N2O3S. The Morgan fingerprint density at radius 2 is 1.87 bits per heavy atom. The van der Waals surface area contributed by atoms with E-state index in [9.17, 15) is 13.2 Å². The van der Waals surface area contributed by atoms with Gasteiger partial charge in [-0.25, -0.2) is 8.42 Å². The van der Waals surface area contributed by atoms with Gasteiger partial charge in [0, 0.05) is 25.1 Å². The number of rotatable bonds is 6. The van der Waals surface area contributed by atoms with Gasteiger partial charge in [0.1, 0.15) is 9.84 Å².